The lowest BCUT2D eigenvalue weighted by atomic mass is 9.88. The predicted molar refractivity (Wildman–Crippen MR) is 364 cm³/mol. The third kappa shape index (κ3) is 13.6. The van der Waals surface area contributed by atoms with Crippen LogP contribution in [0.1, 0.15) is 164 Å². The van der Waals surface area contributed by atoms with E-state index in [0.29, 0.717) is 105 Å². The highest BCUT2D eigenvalue weighted by Gasteiger charge is 2.64. The fraction of sp³-hybridized carbons (Fsp3) is 0.671. The lowest BCUT2D eigenvalue weighted by Crippen LogP contribution is -2.71. The number of nitrogens with two attached hydrogens (primary N) is 3. The van der Waals surface area contributed by atoms with Crippen LogP contribution in [0.4, 0.5) is 57.0 Å². The number of alkyl halides is 9. The number of pyridine rings is 3. The second-order valence-electron chi connectivity index (χ2n) is 32.6. The van der Waals surface area contributed by atoms with Gasteiger partial charge in [0.05, 0.1) is 40.5 Å². The number of hydrogen-bond acceptors (Lipinski definition) is 18. The number of hydrogen-bond donors (Lipinski definition) is 3. The number of ether oxygens (including phenoxy) is 5. The van der Waals surface area contributed by atoms with Gasteiger partial charge in [-0.2, -0.15) is 28.5 Å². The number of anilines is 3. The summed E-state index contributed by atoms with van der Waals surface area (Å²) in [5.41, 5.74) is 22.5. The summed E-state index contributed by atoms with van der Waals surface area (Å²) in [7, 11) is 2.17. The minimum absolute atomic E-state index is 0.0200. The van der Waals surface area contributed by atoms with Gasteiger partial charge >= 0.3 is 18.9 Å². The molecular formula is C73H93F9N16O5. The monoisotopic (exact) mass is 1440 g/mol. The van der Waals surface area contributed by atoms with E-state index in [9.17, 15) is 39.5 Å². The number of morpholine rings is 1. The van der Waals surface area contributed by atoms with Gasteiger partial charge in [-0.15, -0.1) is 26.3 Å². The predicted octanol–water partition coefficient (Wildman–Crippen LogP) is 12.4. The average Bonchev–Trinajstić information content (AvgIpc) is 1.57. The van der Waals surface area contributed by atoms with Gasteiger partial charge in [-0.05, 0) is 185 Å². The first-order chi connectivity index (χ1) is 48.8. The van der Waals surface area contributed by atoms with Crippen LogP contribution in [0, 0.1) is 35.5 Å². The minimum Gasteiger partial charge on any atom is -0.402 e. The van der Waals surface area contributed by atoms with Gasteiger partial charge in [0.15, 0.2) is 23.1 Å². The van der Waals surface area contributed by atoms with Crippen molar-refractivity contribution in [3.05, 3.63) is 77.6 Å². The van der Waals surface area contributed by atoms with Crippen molar-refractivity contribution >= 4 is 17.5 Å². The van der Waals surface area contributed by atoms with E-state index >= 15 is 0 Å². The van der Waals surface area contributed by atoms with E-state index in [0.717, 1.165) is 95.3 Å². The van der Waals surface area contributed by atoms with Crippen LogP contribution < -0.4 is 26.7 Å². The molecule has 6 aromatic rings. The summed E-state index contributed by atoms with van der Waals surface area (Å²) < 4.78 is 149. The Hall–Kier alpha value is -6.83. The quantitative estimate of drug-likeness (QED) is 0.0861. The molecule has 0 bridgehead atoms. The fourth-order valence-corrected chi connectivity index (χ4v) is 19.8. The lowest BCUT2D eigenvalue weighted by Gasteiger charge is -2.55. The van der Waals surface area contributed by atoms with Crippen LogP contribution in [0.2, 0.25) is 0 Å². The molecule has 6 saturated carbocycles. The number of fused-ring (bicyclic) bond motifs is 3. The van der Waals surface area contributed by atoms with Crippen LogP contribution in [0.15, 0.2) is 55.0 Å². The summed E-state index contributed by atoms with van der Waals surface area (Å²) in [4.78, 5) is 21.8. The maximum absolute atomic E-state index is 13.3. The number of nitrogen functional groups attached to an aromatic ring is 3. The molecule has 12 fully saturated rings. The van der Waals surface area contributed by atoms with Crippen LogP contribution in [-0.2, 0) is 20.4 Å². The summed E-state index contributed by atoms with van der Waals surface area (Å²) in [5, 5.41) is 14.2. The number of rotatable bonds is 14. The SMILES string of the molecule is CC(C)n1nc(-c2cnc(N)c(C(F)(F)F)c2)cc1C1[C@H]2CC(N3CC4(CCCO4)C3)C[C@@H]12.CC(C)n1nc(-c2cnc(N)c(OC(F)(F)F)c2)cc1C1[C@H]2CC(N3CC4(CCCO4)C3)C[C@@H]12.CC(C)n1nc(-c2cnc(N)c(OC(F)(F)F)c2)cc1C1[C@H]2CC(N3CC4(CN(C)CCO4)C3)C[C@@H]12. The summed E-state index contributed by atoms with van der Waals surface area (Å²) in [6.45, 7) is 23.4. The molecule has 6 aliphatic carbocycles. The molecule has 0 radical (unpaired) electrons. The molecule has 21 nitrogen and oxygen atoms in total. The zero-order valence-corrected chi connectivity index (χ0v) is 59.2. The van der Waals surface area contributed by atoms with Crippen LogP contribution in [0.3, 0.4) is 0 Å². The van der Waals surface area contributed by atoms with Gasteiger partial charge in [0.2, 0.25) is 0 Å². The van der Waals surface area contributed by atoms with E-state index in [4.69, 9.17) is 46.7 Å². The zero-order chi connectivity index (χ0) is 72.4. The maximum atomic E-state index is 13.3. The molecule has 12 aliphatic rings. The molecule has 30 heteroatoms. The first-order valence-electron chi connectivity index (χ1n) is 36.8. The maximum Gasteiger partial charge on any atom is 0.573 e. The second-order valence-corrected chi connectivity index (χ2v) is 32.6. The molecular weight excluding hydrogens is 1350 g/mol. The lowest BCUT2D eigenvalue weighted by molar-refractivity contribution is -0.275. The number of halogens is 9. The van der Waals surface area contributed by atoms with Gasteiger partial charge in [0.1, 0.15) is 11.4 Å². The highest BCUT2D eigenvalue weighted by atomic mass is 19.4. The van der Waals surface area contributed by atoms with Gasteiger partial charge in [-0.1, -0.05) is 0 Å². The van der Waals surface area contributed by atoms with Crippen LogP contribution in [-0.4, -0.2) is 191 Å². The van der Waals surface area contributed by atoms with Crippen LogP contribution in [0.25, 0.3) is 33.8 Å². The first kappa shape index (κ1) is 70.5. The Labute approximate surface area is 592 Å². The largest absolute Gasteiger partial charge is 0.573 e. The van der Waals surface area contributed by atoms with Gasteiger partial charge in [0, 0.05) is 172 Å². The number of nitrogens with zero attached hydrogens (tertiary/aromatic N) is 13. The molecule has 12 heterocycles. The average molecular weight is 1450 g/mol. The molecule has 558 valence electrons. The second kappa shape index (κ2) is 25.7. The highest BCUT2D eigenvalue weighted by molar-refractivity contribution is 5.67. The first-order valence-corrected chi connectivity index (χ1v) is 36.8. The van der Waals surface area contributed by atoms with E-state index in [1.807, 2.05) is 32.2 Å². The zero-order valence-electron chi connectivity index (χ0n) is 59.2. The van der Waals surface area contributed by atoms with Gasteiger partial charge in [-0.25, -0.2) is 15.0 Å². The van der Waals surface area contributed by atoms with Crippen molar-refractivity contribution in [2.24, 2.45) is 35.5 Å². The van der Waals surface area contributed by atoms with Gasteiger partial charge in [0.25, 0.3) is 0 Å². The third-order valence-electron chi connectivity index (χ3n) is 24.7. The Balaban J connectivity index is 0.000000119. The van der Waals surface area contributed by atoms with Gasteiger partial charge in [-0.3, -0.25) is 28.7 Å². The third-order valence-corrected chi connectivity index (χ3v) is 24.7. The Morgan fingerprint density at radius 2 is 0.777 bits per heavy atom. The highest BCUT2D eigenvalue weighted by Crippen LogP contribution is 2.67. The molecule has 6 saturated heterocycles. The van der Waals surface area contributed by atoms with Crippen molar-refractivity contribution in [2.75, 3.05) is 96.4 Å². The molecule has 103 heavy (non-hydrogen) atoms. The Bertz CT molecular complexity index is 4090. The topological polar surface area (TPSA) is 229 Å². The molecule has 12 atom stereocenters. The molecule has 0 amide bonds. The fourth-order valence-electron chi connectivity index (χ4n) is 19.8. The van der Waals surface area contributed by atoms with E-state index < -0.39 is 41.8 Å². The van der Waals surface area contributed by atoms with E-state index in [1.165, 1.54) is 94.9 Å². The number of likely N-dealkylation sites (N-methyl/N-ethyl adjacent to an activating group) is 1. The molecule has 6 N–H and O–H groups in total. The standard InChI is InChI=1S/C25H33F3N6O2.C24H30F3N5O2.C24H30F3N5O/c1-14(2)34-20(9-19(31-34)15-6-21(23(29)30-10-15)36-25(26,27)28)22-17-7-16(8-18(17)22)33-12-24(13-33)11-32(3)4-5-35-24;1-13(2)32-19(9-18(30-32)14-6-20(22(28)29-10-14)34-24(25,26)27)21-16-7-15(8-17(16)21)31-11-23(12-31)4-3-5-33-23;1-13(2)32-20(9-19(30-32)14-6-18(24(25,26)27)22(28)29-10-14)21-16-7-15(8-17(16)21)31-11-23(12-31)4-3-5-33-23/h6,9-10,14,16-18,22H,4-5,7-8,11-13H2,1-3H3,(H2,29,30);6,9-10,13,15-17,21H,3-5,7-8,11-12H2,1-2H3,(H2,28,29);6,9-10,13,15-17,21H,3-5,7-8,11-12H2,1-2H3,(H2,28,29)/t16?,17-,18+,22?;2*15?,16-,17+,21?. The van der Waals surface area contributed by atoms with Crippen LogP contribution in [0.5, 0.6) is 11.5 Å². The van der Waals surface area contributed by atoms with Crippen molar-refractivity contribution in [1.29, 1.82) is 0 Å². The molecule has 18 rings (SSSR count). The van der Waals surface area contributed by atoms with E-state index in [2.05, 4.69) is 92.6 Å². The summed E-state index contributed by atoms with van der Waals surface area (Å²) >= 11 is 0. The van der Waals surface area contributed by atoms with Gasteiger partial charge < -0.3 is 45.8 Å². The Kier molecular flexibility index (Phi) is 17.6. The number of aromatic nitrogens is 9. The Morgan fingerprint density at radius 3 is 1.09 bits per heavy atom. The molecule has 6 unspecified atom stereocenters. The normalized spacial score (nSPS) is 30.2. The summed E-state index contributed by atoms with van der Waals surface area (Å²) in [6, 6.07) is 11.9. The van der Waals surface area contributed by atoms with E-state index in [-0.39, 0.29) is 46.6 Å². The van der Waals surface area contributed by atoms with Crippen molar-refractivity contribution in [2.45, 2.75) is 195 Å². The van der Waals surface area contributed by atoms with Crippen molar-refractivity contribution in [3.8, 4) is 45.3 Å². The van der Waals surface area contributed by atoms with E-state index in [1.54, 1.807) is 0 Å². The smallest absolute Gasteiger partial charge is 0.402 e. The Morgan fingerprint density at radius 1 is 0.447 bits per heavy atom. The minimum atomic E-state index is -4.84. The summed E-state index contributed by atoms with van der Waals surface area (Å²) in [5.74, 6) is 2.99. The molecule has 3 spiro atoms. The van der Waals surface area contributed by atoms with Crippen molar-refractivity contribution in [3.63, 3.8) is 0 Å². The number of likely N-dealkylation sites (tertiary alicyclic amines) is 3. The van der Waals surface area contributed by atoms with Crippen molar-refractivity contribution < 1.29 is 63.2 Å². The van der Waals surface area contributed by atoms with Crippen LogP contribution >= 0.6 is 0 Å². The molecule has 6 aromatic heterocycles. The molecule has 0 aromatic carbocycles. The summed E-state index contributed by atoms with van der Waals surface area (Å²) in [6.07, 6.45) is 1.91. The molecule has 6 aliphatic heterocycles. The van der Waals surface area contributed by atoms with Crippen molar-refractivity contribution in [1.82, 2.24) is 63.9 Å².